The van der Waals surface area contributed by atoms with Crippen LogP contribution in [0.15, 0.2) is 47.0 Å². The first-order valence-corrected chi connectivity index (χ1v) is 13.2. The van der Waals surface area contributed by atoms with Gasteiger partial charge in [0.1, 0.15) is 5.69 Å². The van der Waals surface area contributed by atoms with Gasteiger partial charge in [0, 0.05) is 54.8 Å². The van der Waals surface area contributed by atoms with Crippen LogP contribution < -0.4 is 10.1 Å². The van der Waals surface area contributed by atoms with E-state index in [1.54, 1.807) is 28.8 Å². The van der Waals surface area contributed by atoms with Gasteiger partial charge in [0.25, 0.3) is 5.69 Å². The second-order valence-corrected chi connectivity index (χ2v) is 11.0. The molecule has 10 nitrogen and oxygen atoms in total. The first-order valence-electron chi connectivity index (χ1n) is 12.0. The van der Waals surface area contributed by atoms with Crippen molar-refractivity contribution in [3.63, 3.8) is 0 Å². The third kappa shape index (κ3) is 5.63. The first-order chi connectivity index (χ1) is 17.8. The average Bonchev–Trinajstić information content (AvgIpc) is 3.58. The maximum absolute atomic E-state index is 12.8. The summed E-state index contributed by atoms with van der Waals surface area (Å²) in [6.07, 6.45) is 1.13. The van der Waals surface area contributed by atoms with Crippen molar-refractivity contribution in [2.75, 3.05) is 13.1 Å². The molecule has 5 rings (SSSR count). The van der Waals surface area contributed by atoms with Gasteiger partial charge in [0.15, 0.2) is 5.76 Å². The molecular weight excluding hydrogens is 518 g/mol. The lowest BCUT2D eigenvalue weighted by atomic mass is 10.0. The number of thiophene rings is 1. The predicted octanol–water partition coefficient (Wildman–Crippen LogP) is 5.93. The van der Waals surface area contributed by atoms with Gasteiger partial charge in [-0.1, -0.05) is 16.8 Å². The fourth-order valence-electron chi connectivity index (χ4n) is 4.56. The predicted molar refractivity (Wildman–Crippen MR) is 141 cm³/mol. The zero-order chi connectivity index (χ0) is 26.1. The number of piperidine rings is 1. The summed E-state index contributed by atoms with van der Waals surface area (Å²) in [6, 6.07) is 12.1. The Balaban J connectivity index is 1.37. The average molecular weight is 544 g/mol. The van der Waals surface area contributed by atoms with E-state index in [2.05, 4.69) is 29.2 Å². The van der Waals surface area contributed by atoms with Gasteiger partial charge in [-0.05, 0) is 44.9 Å². The molecule has 1 fully saturated rings. The number of benzene rings is 1. The summed E-state index contributed by atoms with van der Waals surface area (Å²) in [5, 5.41) is 19.0. The third-order valence-corrected chi connectivity index (χ3v) is 7.78. The highest BCUT2D eigenvalue weighted by Crippen LogP contribution is 2.33. The van der Waals surface area contributed by atoms with Crippen molar-refractivity contribution in [3.8, 4) is 16.5 Å². The van der Waals surface area contributed by atoms with Crippen LogP contribution in [0.1, 0.15) is 32.4 Å². The van der Waals surface area contributed by atoms with Crippen molar-refractivity contribution < 1.29 is 19.0 Å². The standard InChI is InChI=1S/C25H26ClN5O5S/c1-15(2)29-9-7-17(8-10-29)27-25(32)35-24-12-16-11-19(31(33)34)3-4-20(16)30(24)14-18-13-21(36-28-18)22-5-6-23(26)37-22/h3-6,11-13,15,17H,7-10,14H2,1-2H3,(H,27,32). The molecule has 0 radical (unpaired) electrons. The number of nitrogens with one attached hydrogen (secondary N) is 1. The molecule has 1 aromatic carbocycles. The summed E-state index contributed by atoms with van der Waals surface area (Å²) < 4.78 is 13.6. The lowest BCUT2D eigenvalue weighted by molar-refractivity contribution is -0.384. The zero-order valence-electron chi connectivity index (χ0n) is 20.3. The minimum Gasteiger partial charge on any atom is -0.393 e. The molecule has 0 saturated carbocycles. The van der Waals surface area contributed by atoms with Gasteiger partial charge in [-0.3, -0.25) is 10.1 Å². The van der Waals surface area contributed by atoms with Crippen molar-refractivity contribution in [3.05, 3.63) is 62.6 Å². The summed E-state index contributed by atoms with van der Waals surface area (Å²) in [7, 11) is 0. The van der Waals surface area contributed by atoms with E-state index in [1.807, 2.05) is 6.07 Å². The van der Waals surface area contributed by atoms with Crippen LogP contribution in [0.4, 0.5) is 10.5 Å². The summed E-state index contributed by atoms with van der Waals surface area (Å²) in [5.41, 5.74) is 1.22. The Labute approximate surface area is 221 Å². The molecule has 0 aliphatic carbocycles. The van der Waals surface area contributed by atoms with Gasteiger partial charge in [-0.2, -0.15) is 0 Å². The monoisotopic (exact) mass is 543 g/mol. The minimum atomic E-state index is -0.560. The third-order valence-electron chi connectivity index (χ3n) is 6.53. The van der Waals surface area contributed by atoms with Crippen molar-refractivity contribution in [1.29, 1.82) is 0 Å². The minimum absolute atomic E-state index is 0.0251. The van der Waals surface area contributed by atoms with Gasteiger partial charge >= 0.3 is 6.09 Å². The highest BCUT2D eigenvalue weighted by Gasteiger charge is 2.24. The van der Waals surface area contributed by atoms with Crippen molar-refractivity contribution >= 4 is 45.6 Å². The second-order valence-electron chi connectivity index (χ2n) is 9.29. The van der Waals surface area contributed by atoms with E-state index in [1.165, 1.54) is 23.5 Å². The van der Waals surface area contributed by atoms with Gasteiger partial charge < -0.3 is 24.0 Å². The molecular formula is C25H26ClN5O5S. The number of fused-ring (bicyclic) bond motifs is 1. The molecule has 1 saturated heterocycles. The van der Waals surface area contributed by atoms with Gasteiger partial charge in [0.2, 0.25) is 5.88 Å². The van der Waals surface area contributed by atoms with Crippen molar-refractivity contribution in [2.24, 2.45) is 0 Å². The van der Waals surface area contributed by atoms with E-state index >= 15 is 0 Å². The molecule has 0 bridgehead atoms. The van der Waals surface area contributed by atoms with E-state index < -0.39 is 11.0 Å². The Bertz CT molecular complexity index is 1440. The number of nitrogens with zero attached hydrogens (tertiary/aromatic N) is 4. The number of amides is 1. The van der Waals surface area contributed by atoms with Crippen LogP contribution in [-0.4, -0.2) is 50.8 Å². The lowest BCUT2D eigenvalue weighted by Gasteiger charge is -2.34. The van der Waals surface area contributed by atoms with Crippen LogP contribution >= 0.6 is 22.9 Å². The van der Waals surface area contributed by atoms with Gasteiger partial charge in [0.05, 0.1) is 26.2 Å². The number of non-ortho nitro benzene ring substituents is 1. The topological polar surface area (TPSA) is 116 Å². The highest BCUT2D eigenvalue weighted by atomic mass is 35.5. The molecule has 1 N–H and O–H groups in total. The number of carbonyl (C=O) groups is 1. The number of nitro benzene ring substituents is 1. The Morgan fingerprint density at radius 3 is 2.73 bits per heavy atom. The molecule has 12 heteroatoms. The Morgan fingerprint density at radius 2 is 2.05 bits per heavy atom. The maximum atomic E-state index is 12.8. The number of likely N-dealkylation sites (tertiary alicyclic amines) is 1. The molecule has 0 spiro atoms. The number of hydrogen-bond acceptors (Lipinski definition) is 8. The summed E-state index contributed by atoms with van der Waals surface area (Å²) in [5.74, 6) is 0.836. The largest absolute Gasteiger partial charge is 0.414 e. The smallest absolute Gasteiger partial charge is 0.393 e. The fraction of sp³-hybridized carbons (Fsp3) is 0.360. The van der Waals surface area contributed by atoms with Crippen LogP contribution in [0.2, 0.25) is 4.34 Å². The van der Waals surface area contributed by atoms with Crippen molar-refractivity contribution in [2.45, 2.75) is 45.3 Å². The molecule has 4 heterocycles. The van der Waals surface area contributed by atoms with Crippen molar-refractivity contribution in [1.82, 2.24) is 19.9 Å². The van der Waals surface area contributed by atoms with E-state index in [0.717, 1.165) is 30.8 Å². The van der Waals surface area contributed by atoms with Gasteiger partial charge in [-0.15, -0.1) is 11.3 Å². The maximum Gasteiger partial charge on any atom is 0.414 e. The Morgan fingerprint density at radius 1 is 1.27 bits per heavy atom. The molecule has 194 valence electrons. The number of hydrogen-bond donors (Lipinski definition) is 1. The first kappa shape index (κ1) is 25.2. The number of ether oxygens (including phenoxy) is 1. The van der Waals surface area contributed by atoms with Crippen LogP contribution in [0.3, 0.4) is 0 Å². The molecule has 1 amide bonds. The number of rotatable bonds is 7. The number of carbonyl (C=O) groups excluding carboxylic acids is 1. The van der Waals surface area contributed by atoms with Crippen LogP contribution in [0.25, 0.3) is 21.5 Å². The second kappa shape index (κ2) is 10.5. The van der Waals surface area contributed by atoms with Crippen LogP contribution in [-0.2, 0) is 6.54 Å². The molecule has 0 atom stereocenters. The van der Waals surface area contributed by atoms with E-state index in [-0.39, 0.29) is 24.2 Å². The molecule has 0 unspecified atom stereocenters. The normalized spacial score (nSPS) is 14.9. The Hall–Kier alpha value is -3.41. The molecule has 4 aromatic rings. The quantitative estimate of drug-likeness (QED) is 0.227. The summed E-state index contributed by atoms with van der Waals surface area (Å²) >= 11 is 7.42. The van der Waals surface area contributed by atoms with Crippen LogP contribution in [0, 0.1) is 10.1 Å². The molecule has 37 heavy (non-hydrogen) atoms. The number of halogens is 1. The molecule has 1 aliphatic rings. The Kier molecular flexibility index (Phi) is 7.18. The SMILES string of the molecule is CC(C)N1CCC(NC(=O)Oc2cc3cc([N+](=O)[O-])ccc3n2Cc2cc(-c3ccc(Cl)s3)on2)CC1. The van der Waals surface area contributed by atoms with E-state index in [9.17, 15) is 14.9 Å². The molecule has 3 aromatic heterocycles. The lowest BCUT2D eigenvalue weighted by Crippen LogP contribution is -2.47. The van der Waals surface area contributed by atoms with Crippen LogP contribution in [0.5, 0.6) is 5.88 Å². The summed E-state index contributed by atoms with van der Waals surface area (Å²) in [4.78, 5) is 26.9. The zero-order valence-corrected chi connectivity index (χ0v) is 21.9. The number of nitro groups is 1. The number of aromatic nitrogens is 2. The highest BCUT2D eigenvalue weighted by molar-refractivity contribution is 7.19. The van der Waals surface area contributed by atoms with Gasteiger partial charge in [-0.25, -0.2) is 4.79 Å². The van der Waals surface area contributed by atoms with E-state index in [0.29, 0.717) is 32.7 Å². The summed E-state index contributed by atoms with van der Waals surface area (Å²) in [6.45, 7) is 6.39. The van der Waals surface area contributed by atoms with E-state index in [4.69, 9.17) is 20.9 Å². The molecule has 1 aliphatic heterocycles. The fourth-order valence-corrected chi connectivity index (χ4v) is 5.55.